The molecule has 2 heteroatoms. The third-order valence-corrected chi connectivity index (χ3v) is 3.39. The van der Waals surface area contributed by atoms with Gasteiger partial charge in [0, 0.05) is 22.4 Å². The Hall–Kier alpha value is -1.28. The van der Waals surface area contributed by atoms with Crippen LogP contribution in [0.2, 0.25) is 0 Å². The molecule has 2 aromatic rings. The number of hydrogen-bond acceptors (Lipinski definition) is 1. The summed E-state index contributed by atoms with van der Waals surface area (Å²) >= 11 is 3.47. The first kappa shape index (κ1) is 12.2. The third kappa shape index (κ3) is 2.70. The molecule has 0 aromatic heterocycles. The minimum Gasteiger partial charge on any atom is -0.342 e. The van der Waals surface area contributed by atoms with Crippen LogP contribution in [0.15, 0.2) is 53.0 Å². The molecule has 0 heterocycles. The third-order valence-electron chi connectivity index (χ3n) is 2.86. The molecule has 17 heavy (non-hydrogen) atoms. The van der Waals surface area contributed by atoms with E-state index in [0.29, 0.717) is 0 Å². The Morgan fingerprint density at radius 3 is 2.24 bits per heavy atom. The molecule has 0 bridgehead atoms. The van der Waals surface area contributed by atoms with Crippen molar-refractivity contribution in [3.8, 4) is 0 Å². The molecule has 0 N–H and O–H groups in total. The summed E-state index contributed by atoms with van der Waals surface area (Å²) in [6, 6.07) is 16.9. The zero-order valence-corrected chi connectivity index (χ0v) is 11.7. The number of rotatable bonds is 3. The Kier molecular flexibility index (Phi) is 3.85. The number of benzene rings is 2. The van der Waals surface area contributed by atoms with Crippen LogP contribution in [0.4, 0.5) is 11.4 Å². The molecule has 0 aliphatic rings. The molecule has 0 atom stereocenters. The lowest BCUT2D eigenvalue weighted by Crippen LogP contribution is -2.16. The second kappa shape index (κ2) is 5.37. The first-order valence-electron chi connectivity index (χ1n) is 5.81. The maximum atomic E-state index is 3.47. The monoisotopic (exact) mass is 289 g/mol. The molecule has 0 fully saturated rings. The van der Waals surface area contributed by atoms with Crippen LogP contribution in [0.25, 0.3) is 0 Å². The van der Waals surface area contributed by atoms with E-state index in [2.05, 4.69) is 83.2 Å². The lowest BCUT2D eigenvalue weighted by atomic mass is 10.1. The van der Waals surface area contributed by atoms with Gasteiger partial charge in [0.25, 0.3) is 0 Å². The van der Waals surface area contributed by atoms with E-state index in [4.69, 9.17) is 0 Å². The standard InChI is InChI=1S/C15H16BrN/c1-3-17(14-10-8-13(16)9-11-14)15-7-5-4-6-12(15)2/h4-11H,3H2,1-2H3. The van der Waals surface area contributed by atoms with Gasteiger partial charge in [-0.25, -0.2) is 0 Å². The fourth-order valence-corrected chi connectivity index (χ4v) is 2.24. The van der Waals surface area contributed by atoms with Crippen LogP contribution in [0.3, 0.4) is 0 Å². The van der Waals surface area contributed by atoms with Crippen molar-refractivity contribution in [1.29, 1.82) is 0 Å². The number of nitrogens with zero attached hydrogens (tertiary/aromatic N) is 1. The second-order valence-electron chi connectivity index (χ2n) is 4.01. The zero-order valence-electron chi connectivity index (χ0n) is 10.2. The van der Waals surface area contributed by atoms with Crippen molar-refractivity contribution < 1.29 is 0 Å². The van der Waals surface area contributed by atoms with Gasteiger partial charge in [-0.15, -0.1) is 0 Å². The van der Waals surface area contributed by atoms with Crippen molar-refractivity contribution in [3.63, 3.8) is 0 Å². The van der Waals surface area contributed by atoms with Crippen LogP contribution in [-0.2, 0) is 0 Å². The minimum absolute atomic E-state index is 0.965. The lowest BCUT2D eigenvalue weighted by molar-refractivity contribution is 1.02. The first-order chi connectivity index (χ1) is 8.22. The average molecular weight is 290 g/mol. The Balaban J connectivity index is 2.40. The fraction of sp³-hybridized carbons (Fsp3) is 0.200. The summed E-state index contributed by atoms with van der Waals surface area (Å²) in [5.41, 5.74) is 3.81. The maximum absolute atomic E-state index is 3.47. The van der Waals surface area contributed by atoms with Crippen LogP contribution in [0.1, 0.15) is 12.5 Å². The fourth-order valence-electron chi connectivity index (χ4n) is 1.98. The van der Waals surface area contributed by atoms with E-state index in [-0.39, 0.29) is 0 Å². The van der Waals surface area contributed by atoms with Crippen molar-refractivity contribution in [2.45, 2.75) is 13.8 Å². The molecule has 0 aliphatic carbocycles. The number of para-hydroxylation sites is 1. The molecule has 0 saturated heterocycles. The number of hydrogen-bond donors (Lipinski definition) is 0. The van der Waals surface area contributed by atoms with Crippen LogP contribution >= 0.6 is 15.9 Å². The van der Waals surface area contributed by atoms with Crippen molar-refractivity contribution >= 4 is 27.3 Å². The summed E-state index contributed by atoms with van der Waals surface area (Å²) < 4.78 is 1.11. The molecule has 0 spiro atoms. The highest BCUT2D eigenvalue weighted by atomic mass is 79.9. The average Bonchev–Trinajstić information content (AvgIpc) is 2.35. The smallest absolute Gasteiger partial charge is 0.0440 e. The van der Waals surface area contributed by atoms with Gasteiger partial charge in [0.1, 0.15) is 0 Å². The quantitative estimate of drug-likeness (QED) is 0.776. The van der Waals surface area contributed by atoms with E-state index in [1.807, 2.05) is 0 Å². The van der Waals surface area contributed by atoms with E-state index >= 15 is 0 Å². The van der Waals surface area contributed by atoms with Crippen molar-refractivity contribution in [2.75, 3.05) is 11.4 Å². The molecule has 0 saturated carbocycles. The summed E-state index contributed by atoms with van der Waals surface area (Å²) in [7, 11) is 0. The molecule has 0 unspecified atom stereocenters. The molecule has 2 aromatic carbocycles. The minimum atomic E-state index is 0.965. The topological polar surface area (TPSA) is 3.24 Å². The van der Waals surface area contributed by atoms with Crippen molar-refractivity contribution in [3.05, 3.63) is 58.6 Å². The summed E-state index contributed by atoms with van der Waals surface area (Å²) in [6.45, 7) is 5.29. The van der Waals surface area contributed by atoms with Gasteiger partial charge in [0.15, 0.2) is 0 Å². The van der Waals surface area contributed by atoms with Gasteiger partial charge < -0.3 is 4.90 Å². The molecular formula is C15H16BrN. The van der Waals surface area contributed by atoms with Gasteiger partial charge in [-0.3, -0.25) is 0 Å². The Labute approximate surface area is 111 Å². The number of aryl methyl sites for hydroxylation is 1. The molecule has 88 valence electrons. The molecule has 0 radical (unpaired) electrons. The largest absolute Gasteiger partial charge is 0.342 e. The van der Waals surface area contributed by atoms with Crippen LogP contribution in [0, 0.1) is 6.92 Å². The zero-order chi connectivity index (χ0) is 12.3. The van der Waals surface area contributed by atoms with Gasteiger partial charge in [0.05, 0.1) is 0 Å². The van der Waals surface area contributed by atoms with E-state index in [9.17, 15) is 0 Å². The predicted molar refractivity (Wildman–Crippen MR) is 78.0 cm³/mol. The number of anilines is 2. The molecular weight excluding hydrogens is 274 g/mol. The number of halogens is 1. The second-order valence-corrected chi connectivity index (χ2v) is 4.92. The maximum Gasteiger partial charge on any atom is 0.0440 e. The highest BCUT2D eigenvalue weighted by Crippen LogP contribution is 2.28. The molecule has 0 amide bonds. The van der Waals surface area contributed by atoms with Gasteiger partial charge >= 0.3 is 0 Å². The Bertz CT molecular complexity index is 491. The highest BCUT2D eigenvalue weighted by molar-refractivity contribution is 9.10. The molecule has 1 nitrogen and oxygen atoms in total. The first-order valence-corrected chi connectivity index (χ1v) is 6.60. The summed E-state index contributed by atoms with van der Waals surface area (Å²) in [4.78, 5) is 2.32. The Morgan fingerprint density at radius 2 is 1.65 bits per heavy atom. The van der Waals surface area contributed by atoms with Crippen molar-refractivity contribution in [2.24, 2.45) is 0 Å². The Morgan fingerprint density at radius 1 is 1.00 bits per heavy atom. The summed E-state index contributed by atoms with van der Waals surface area (Å²) in [5.74, 6) is 0. The van der Waals surface area contributed by atoms with Gasteiger partial charge in [-0.1, -0.05) is 34.1 Å². The van der Waals surface area contributed by atoms with E-state index in [1.165, 1.54) is 16.9 Å². The highest BCUT2D eigenvalue weighted by Gasteiger charge is 2.08. The van der Waals surface area contributed by atoms with Crippen LogP contribution < -0.4 is 4.90 Å². The van der Waals surface area contributed by atoms with Crippen LogP contribution in [0.5, 0.6) is 0 Å². The summed E-state index contributed by atoms with van der Waals surface area (Å²) in [5, 5.41) is 0. The predicted octanol–water partition coefficient (Wildman–Crippen LogP) is 4.92. The SMILES string of the molecule is CCN(c1ccc(Br)cc1)c1ccccc1C. The molecule has 0 aliphatic heterocycles. The van der Waals surface area contributed by atoms with Crippen LogP contribution in [-0.4, -0.2) is 6.54 Å². The van der Waals surface area contributed by atoms with Crippen molar-refractivity contribution in [1.82, 2.24) is 0 Å². The normalized spacial score (nSPS) is 10.3. The van der Waals surface area contributed by atoms with E-state index in [0.717, 1.165) is 11.0 Å². The molecule has 2 rings (SSSR count). The summed E-state index contributed by atoms with van der Waals surface area (Å²) in [6.07, 6.45) is 0. The van der Waals surface area contributed by atoms with E-state index < -0.39 is 0 Å². The van der Waals surface area contributed by atoms with E-state index in [1.54, 1.807) is 0 Å². The van der Waals surface area contributed by atoms with Gasteiger partial charge in [-0.05, 0) is 49.7 Å². The van der Waals surface area contributed by atoms with Gasteiger partial charge in [-0.2, -0.15) is 0 Å². The van der Waals surface area contributed by atoms with Gasteiger partial charge in [0.2, 0.25) is 0 Å². The lowest BCUT2D eigenvalue weighted by Gasteiger charge is -2.25.